The fraction of sp³-hybridized carbons (Fsp3) is 0.350. The van der Waals surface area contributed by atoms with Crippen LogP contribution in [0.25, 0.3) is 0 Å². The summed E-state index contributed by atoms with van der Waals surface area (Å²) in [6.45, 7) is 3.89. The van der Waals surface area contributed by atoms with Crippen LogP contribution < -0.4 is 15.4 Å². The van der Waals surface area contributed by atoms with Crippen LogP contribution in [0, 0.1) is 0 Å². The molecule has 0 saturated carbocycles. The van der Waals surface area contributed by atoms with Crippen molar-refractivity contribution in [3.05, 3.63) is 60.2 Å². The number of amides is 1. The Bertz CT molecular complexity index is 643. The van der Waals surface area contributed by atoms with Gasteiger partial charge >= 0.3 is 0 Å². The van der Waals surface area contributed by atoms with Gasteiger partial charge in [0.25, 0.3) is 0 Å². The van der Waals surface area contributed by atoms with Crippen molar-refractivity contribution in [2.75, 3.05) is 12.4 Å². The Hall–Kier alpha value is -2.49. The number of methoxy groups -OCH3 is 1. The van der Waals surface area contributed by atoms with E-state index in [0.717, 1.165) is 24.3 Å². The van der Waals surface area contributed by atoms with E-state index in [1.54, 1.807) is 7.11 Å². The van der Waals surface area contributed by atoms with Gasteiger partial charge in [0, 0.05) is 6.04 Å². The van der Waals surface area contributed by atoms with E-state index in [-0.39, 0.29) is 18.0 Å². The zero-order chi connectivity index (χ0) is 17.4. The van der Waals surface area contributed by atoms with Gasteiger partial charge < -0.3 is 15.4 Å². The zero-order valence-electron chi connectivity index (χ0n) is 14.6. The molecule has 0 aromatic heterocycles. The molecule has 2 atom stereocenters. The van der Waals surface area contributed by atoms with Crippen LogP contribution in [-0.4, -0.2) is 25.1 Å². The third-order valence-electron chi connectivity index (χ3n) is 3.97. The van der Waals surface area contributed by atoms with Gasteiger partial charge in [-0.2, -0.15) is 0 Å². The van der Waals surface area contributed by atoms with Gasteiger partial charge in [-0.25, -0.2) is 0 Å². The van der Waals surface area contributed by atoms with Gasteiger partial charge in [0.1, 0.15) is 11.8 Å². The second-order valence-corrected chi connectivity index (χ2v) is 6.00. The SMILES string of the molecule is COc1ccccc1N[C@H](C)C(=O)N[C@@H](C)CCc1ccccc1. The van der Waals surface area contributed by atoms with Crippen LogP contribution in [0.15, 0.2) is 54.6 Å². The largest absolute Gasteiger partial charge is 0.495 e. The third kappa shape index (κ3) is 5.30. The van der Waals surface area contributed by atoms with E-state index >= 15 is 0 Å². The van der Waals surface area contributed by atoms with Crippen molar-refractivity contribution >= 4 is 11.6 Å². The van der Waals surface area contributed by atoms with Gasteiger partial charge in [-0.05, 0) is 44.4 Å². The molecule has 4 nitrogen and oxygen atoms in total. The number of carbonyl (C=O) groups is 1. The minimum atomic E-state index is -0.333. The molecule has 2 aromatic carbocycles. The molecule has 2 rings (SSSR count). The van der Waals surface area contributed by atoms with Crippen molar-refractivity contribution in [2.45, 2.75) is 38.8 Å². The van der Waals surface area contributed by atoms with E-state index in [2.05, 4.69) is 22.8 Å². The Morgan fingerprint density at radius 2 is 1.71 bits per heavy atom. The molecule has 2 N–H and O–H groups in total. The second kappa shape index (κ2) is 8.96. The molecular weight excluding hydrogens is 300 g/mol. The maximum Gasteiger partial charge on any atom is 0.242 e. The predicted octanol–water partition coefficient (Wildman–Crippen LogP) is 3.63. The molecular formula is C20H26N2O2. The molecule has 0 spiro atoms. The topological polar surface area (TPSA) is 50.4 Å². The lowest BCUT2D eigenvalue weighted by Gasteiger charge is -2.20. The van der Waals surface area contributed by atoms with Gasteiger partial charge in [-0.1, -0.05) is 42.5 Å². The molecule has 0 heterocycles. The molecule has 0 fully saturated rings. The fourth-order valence-corrected chi connectivity index (χ4v) is 2.53. The third-order valence-corrected chi connectivity index (χ3v) is 3.97. The molecule has 2 aromatic rings. The molecule has 128 valence electrons. The number of aryl methyl sites for hydroxylation is 1. The van der Waals surface area contributed by atoms with E-state index < -0.39 is 0 Å². The van der Waals surface area contributed by atoms with Crippen molar-refractivity contribution in [3.63, 3.8) is 0 Å². The first-order valence-corrected chi connectivity index (χ1v) is 8.34. The van der Waals surface area contributed by atoms with Crippen molar-refractivity contribution in [3.8, 4) is 5.75 Å². The highest BCUT2D eigenvalue weighted by Crippen LogP contribution is 2.23. The Morgan fingerprint density at radius 3 is 2.42 bits per heavy atom. The highest BCUT2D eigenvalue weighted by molar-refractivity contribution is 5.84. The normalized spacial score (nSPS) is 13.0. The van der Waals surface area contributed by atoms with Gasteiger partial charge in [0.05, 0.1) is 12.8 Å². The lowest BCUT2D eigenvalue weighted by atomic mass is 10.1. The Labute approximate surface area is 144 Å². The van der Waals surface area contributed by atoms with Gasteiger partial charge in [-0.3, -0.25) is 4.79 Å². The average molecular weight is 326 g/mol. The minimum absolute atomic E-state index is 0.0125. The summed E-state index contributed by atoms with van der Waals surface area (Å²) in [6, 6.07) is 17.7. The first kappa shape index (κ1) is 17.9. The first-order valence-electron chi connectivity index (χ1n) is 8.34. The summed E-state index contributed by atoms with van der Waals surface area (Å²) in [4.78, 5) is 12.4. The van der Waals surface area contributed by atoms with E-state index in [4.69, 9.17) is 4.74 Å². The van der Waals surface area contributed by atoms with Gasteiger partial charge in [0.2, 0.25) is 5.91 Å². The zero-order valence-corrected chi connectivity index (χ0v) is 14.6. The molecule has 0 aliphatic rings. The van der Waals surface area contributed by atoms with E-state index in [1.807, 2.05) is 56.3 Å². The van der Waals surface area contributed by atoms with Crippen LogP contribution in [0.1, 0.15) is 25.8 Å². The van der Waals surface area contributed by atoms with Gasteiger partial charge in [0.15, 0.2) is 0 Å². The van der Waals surface area contributed by atoms with Crippen LogP contribution in [0.2, 0.25) is 0 Å². The maximum atomic E-state index is 12.4. The Balaban J connectivity index is 1.82. The van der Waals surface area contributed by atoms with E-state index in [9.17, 15) is 4.79 Å². The van der Waals surface area contributed by atoms with Gasteiger partial charge in [-0.15, -0.1) is 0 Å². The van der Waals surface area contributed by atoms with Crippen LogP contribution in [-0.2, 0) is 11.2 Å². The summed E-state index contributed by atoms with van der Waals surface area (Å²) >= 11 is 0. The summed E-state index contributed by atoms with van der Waals surface area (Å²) in [5, 5.41) is 6.27. The number of rotatable bonds is 8. The summed E-state index contributed by atoms with van der Waals surface area (Å²) < 4.78 is 5.30. The molecule has 0 aliphatic heterocycles. The quantitative estimate of drug-likeness (QED) is 0.779. The first-order chi connectivity index (χ1) is 11.6. The highest BCUT2D eigenvalue weighted by Gasteiger charge is 2.16. The van der Waals surface area contributed by atoms with Crippen LogP contribution >= 0.6 is 0 Å². The second-order valence-electron chi connectivity index (χ2n) is 6.00. The molecule has 0 aliphatic carbocycles. The van der Waals surface area contributed by atoms with E-state index in [1.165, 1.54) is 5.56 Å². The molecule has 0 unspecified atom stereocenters. The average Bonchev–Trinajstić information content (AvgIpc) is 2.61. The minimum Gasteiger partial charge on any atom is -0.495 e. The molecule has 0 radical (unpaired) electrons. The number of hydrogen-bond acceptors (Lipinski definition) is 3. The van der Waals surface area contributed by atoms with Crippen LogP contribution in [0.4, 0.5) is 5.69 Å². The number of carbonyl (C=O) groups excluding carboxylic acids is 1. The number of benzene rings is 2. The number of para-hydroxylation sites is 2. The number of ether oxygens (including phenoxy) is 1. The van der Waals surface area contributed by atoms with Crippen molar-refractivity contribution in [1.82, 2.24) is 5.32 Å². The van der Waals surface area contributed by atoms with Crippen LogP contribution in [0.3, 0.4) is 0 Å². The summed E-state index contributed by atoms with van der Waals surface area (Å²) in [5.41, 5.74) is 2.11. The monoisotopic (exact) mass is 326 g/mol. The highest BCUT2D eigenvalue weighted by atomic mass is 16.5. The standard InChI is InChI=1S/C20H26N2O2/c1-15(13-14-17-9-5-4-6-10-17)21-20(23)16(2)22-18-11-7-8-12-19(18)24-3/h4-12,15-16,22H,13-14H2,1-3H3,(H,21,23)/t15-,16+/m0/s1. The number of hydrogen-bond donors (Lipinski definition) is 2. The lowest BCUT2D eigenvalue weighted by Crippen LogP contribution is -2.42. The lowest BCUT2D eigenvalue weighted by molar-refractivity contribution is -0.122. The smallest absolute Gasteiger partial charge is 0.242 e. The molecule has 1 amide bonds. The number of nitrogens with one attached hydrogen (secondary N) is 2. The van der Waals surface area contributed by atoms with Crippen molar-refractivity contribution in [1.29, 1.82) is 0 Å². The molecule has 4 heteroatoms. The summed E-state index contributed by atoms with van der Waals surface area (Å²) in [5.74, 6) is 0.718. The summed E-state index contributed by atoms with van der Waals surface area (Å²) in [7, 11) is 1.62. The Morgan fingerprint density at radius 1 is 1.04 bits per heavy atom. The maximum absolute atomic E-state index is 12.4. The fourth-order valence-electron chi connectivity index (χ4n) is 2.53. The van der Waals surface area contributed by atoms with Crippen molar-refractivity contribution < 1.29 is 9.53 Å². The molecule has 0 saturated heterocycles. The molecule has 24 heavy (non-hydrogen) atoms. The van der Waals surface area contributed by atoms with Crippen LogP contribution in [0.5, 0.6) is 5.75 Å². The number of anilines is 1. The Kier molecular flexibility index (Phi) is 6.67. The summed E-state index contributed by atoms with van der Waals surface area (Å²) in [6.07, 6.45) is 1.87. The van der Waals surface area contributed by atoms with E-state index in [0.29, 0.717) is 0 Å². The van der Waals surface area contributed by atoms with Crippen molar-refractivity contribution in [2.24, 2.45) is 0 Å². The predicted molar refractivity (Wildman–Crippen MR) is 98.4 cm³/mol. The molecule has 0 bridgehead atoms.